The van der Waals surface area contributed by atoms with E-state index in [-0.39, 0.29) is 17.3 Å². The molecule has 0 fully saturated rings. The number of nitrogens with one attached hydrogen (secondary N) is 1. The topological polar surface area (TPSA) is 86.5 Å². The van der Waals surface area contributed by atoms with Crippen molar-refractivity contribution in [1.82, 2.24) is 15.5 Å². The number of nitrogens with zero attached hydrogens (tertiary/aromatic N) is 2. The minimum absolute atomic E-state index is 0.200. The lowest BCUT2D eigenvalue weighted by atomic mass is 10.0. The highest BCUT2D eigenvalue weighted by molar-refractivity contribution is 6.00. The van der Waals surface area contributed by atoms with Gasteiger partial charge in [0.15, 0.2) is 11.5 Å². The van der Waals surface area contributed by atoms with Gasteiger partial charge in [-0.2, -0.15) is 4.98 Å². The molecule has 146 valence electrons. The summed E-state index contributed by atoms with van der Waals surface area (Å²) in [7, 11) is 3.14. The molecule has 1 amide bonds. The Morgan fingerprint density at radius 2 is 1.75 bits per heavy atom. The van der Waals surface area contributed by atoms with Crippen molar-refractivity contribution in [3.05, 3.63) is 48.0 Å². The lowest BCUT2D eigenvalue weighted by Crippen LogP contribution is -2.40. The van der Waals surface area contributed by atoms with Gasteiger partial charge < -0.3 is 19.3 Å². The Morgan fingerprint density at radius 3 is 2.43 bits per heavy atom. The van der Waals surface area contributed by atoms with Crippen LogP contribution in [0.2, 0.25) is 0 Å². The number of ether oxygens (including phenoxy) is 2. The van der Waals surface area contributed by atoms with Crippen molar-refractivity contribution < 1.29 is 18.8 Å². The van der Waals surface area contributed by atoms with Gasteiger partial charge in [-0.05, 0) is 51.1 Å². The van der Waals surface area contributed by atoms with Crippen molar-refractivity contribution in [1.29, 1.82) is 0 Å². The van der Waals surface area contributed by atoms with E-state index in [0.717, 1.165) is 0 Å². The van der Waals surface area contributed by atoms with Crippen LogP contribution in [0.15, 0.2) is 47.0 Å². The number of benzene rings is 2. The van der Waals surface area contributed by atoms with Crippen LogP contribution >= 0.6 is 0 Å². The van der Waals surface area contributed by atoms with E-state index in [9.17, 15) is 4.79 Å². The summed E-state index contributed by atoms with van der Waals surface area (Å²) in [6.45, 7) is 5.78. The van der Waals surface area contributed by atoms with Crippen molar-refractivity contribution in [2.45, 2.75) is 26.3 Å². The Balaban J connectivity index is 1.96. The fourth-order valence-electron chi connectivity index (χ4n) is 2.70. The Morgan fingerprint density at radius 1 is 1.04 bits per heavy atom. The molecule has 0 atom stereocenters. The minimum atomic E-state index is -0.357. The molecule has 1 aromatic heterocycles. The molecule has 0 saturated heterocycles. The minimum Gasteiger partial charge on any atom is -0.493 e. The summed E-state index contributed by atoms with van der Waals surface area (Å²) in [6, 6.07) is 12.5. The highest BCUT2D eigenvalue weighted by Crippen LogP contribution is 2.32. The van der Waals surface area contributed by atoms with Gasteiger partial charge in [-0.15, -0.1) is 0 Å². The number of aromatic nitrogens is 2. The summed E-state index contributed by atoms with van der Waals surface area (Å²) >= 11 is 0. The third kappa shape index (κ3) is 4.14. The molecule has 28 heavy (non-hydrogen) atoms. The Bertz CT molecular complexity index is 989. The second kappa shape index (κ2) is 7.72. The van der Waals surface area contributed by atoms with Gasteiger partial charge in [-0.25, -0.2) is 0 Å². The molecule has 0 unspecified atom stereocenters. The molecule has 7 heteroatoms. The molecule has 2 aromatic carbocycles. The quantitative estimate of drug-likeness (QED) is 0.720. The van der Waals surface area contributed by atoms with Crippen LogP contribution in [0.5, 0.6) is 11.5 Å². The lowest BCUT2D eigenvalue weighted by molar-refractivity contribution is 0.0920. The average Bonchev–Trinajstić information content (AvgIpc) is 3.16. The molecule has 0 bridgehead atoms. The van der Waals surface area contributed by atoms with Crippen molar-refractivity contribution in [3.63, 3.8) is 0 Å². The van der Waals surface area contributed by atoms with Crippen LogP contribution in [0.25, 0.3) is 22.8 Å². The van der Waals surface area contributed by atoms with E-state index in [1.165, 1.54) is 0 Å². The van der Waals surface area contributed by atoms with Crippen LogP contribution in [0.1, 0.15) is 31.1 Å². The van der Waals surface area contributed by atoms with Crippen molar-refractivity contribution in [3.8, 4) is 34.3 Å². The van der Waals surface area contributed by atoms with Crippen LogP contribution in [0.4, 0.5) is 0 Å². The number of hydrogen-bond acceptors (Lipinski definition) is 6. The maximum Gasteiger partial charge on any atom is 0.259 e. The second-order valence-corrected chi connectivity index (χ2v) is 7.24. The summed E-state index contributed by atoms with van der Waals surface area (Å²) in [5.41, 5.74) is 1.40. The van der Waals surface area contributed by atoms with Gasteiger partial charge in [0.05, 0.1) is 25.3 Å². The number of rotatable bonds is 5. The van der Waals surface area contributed by atoms with Crippen LogP contribution in [0.3, 0.4) is 0 Å². The smallest absolute Gasteiger partial charge is 0.259 e. The van der Waals surface area contributed by atoms with E-state index in [1.807, 2.05) is 32.9 Å². The number of hydrogen-bond donors (Lipinski definition) is 1. The van der Waals surface area contributed by atoms with Crippen LogP contribution in [0, 0.1) is 0 Å². The first-order valence-corrected chi connectivity index (χ1v) is 8.80. The number of carbonyl (C=O) groups is 1. The van der Waals surface area contributed by atoms with E-state index in [2.05, 4.69) is 15.5 Å². The molecule has 0 spiro atoms. The lowest BCUT2D eigenvalue weighted by Gasteiger charge is -2.21. The van der Waals surface area contributed by atoms with E-state index in [1.54, 1.807) is 44.6 Å². The average molecular weight is 381 g/mol. The molecule has 3 aromatic rings. The summed E-state index contributed by atoms with van der Waals surface area (Å²) < 4.78 is 16.0. The summed E-state index contributed by atoms with van der Waals surface area (Å²) in [5, 5.41) is 7.01. The highest BCUT2D eigenvalue weighted by Gasteiger charge is 2.21. The van der Waals surface area contributed by atoms with Crippen molar-refractivity contribution in [2.75, 3.05) is 14.2 Å². The summed E-state index contributed by atoms with van der Waals surface area (Å²) in [5.74, 6) is 1.64. The summed E-state index contributed by atoms with van der Waals surface area (Å²) in [4.78, 5) is 17.1. The Hall–Kier alpha value is -3.35. The summed E-state index contributed by atoms with van der Waals surface area (Å²) in [6.07, 6.45) is 0. The van der Waals surface area contributed by atoms with Gasteiger partial charge in [0.2, 0.25) is 5.82 Å². The molecule has 0 aliphatic rings. The monoisotopic (exact) mass is 381 g/mol. The zero-order valence-corrected chi connectivity index (χ0v) is 16.6. The van der Waals surface area contributed by atoms with Gasteiger partial charge in [-0.3, -0.25) is 4.79 Å². The molecule has 0 aliphatic carbocycles. The first-order valence-electron chi connectivity index (χ1n) is 8.80. The molecule has 0 aliphatic heterocycles. The van der Waals surface area contributed by atoms with E-state index in [0.29, 0.717) is 34.0 Å². The van der Waals surface area contributed by atoms with Crippen LogP contribution in [-0.2, 0) is 0 Å². The predicted octanol–water partition coefficient (Wildman–Crippen LogP) is 3.95. The van der Waals surface area contributed by atoms with Gasteiger partial charge in [0, 0.05) is 11.1 Å². The molecule has 0 radical (unpaired) electrons. The largest absolute Gasteiger partial charge is 0.493 e. The normalized spacial score (nSPS) is 11.2. The molecule has 1 N–H and O–H groups in total. The highest BCUT2D eigenvalue weighted by atomic mass is 16.5. The third-order valence-electron chi connectivity index (χ3n) is 3.96. The van der Waals surface area contributed by atoms with Gasteiger partial charge in [-0.1, -0.05) is 17.3 Å². The maximum absolute atomic E-state index is 12.7. The molecule has 7 nitrogen and oxygen atoms in total. The molecular weight excluding hydrogens is 358 g/mol. The number of amides is 1. The predicted molar refractivity (Wildman–Crippen MR) is 105 cm³/mol. The van der Waals surface area contributed by atoms with Gasteiger partial charge in [0.1, 0.15) is 0 Å². The zero-order chi connectivity index (χ0) is 20.3. The van der Waals surface area contributed by atoms with Crippen molar-refractivity contribution in [2.24, 2.45) is 0 Å². The fourth-order valence-corrected chi connectivity index (χ4v) is 2.70. The van der Waals surface area contributed by atoms with Gasteiger partial charge in [0.25, 0.3) is 11.8 Å². The fraction of sp³-hybridized carbons (Fsp3) is 0.286. The SMILES string of the molecule is COc1ccc(-c2noc(-c3ccccc3C(=O)NC(C)(C)C)n2)cc1OC. The Kier molecular flexibility index (Phi) is 5.35. The first kappa shape index (κ1) is 19.4. The first-order chi connectivity index (χ1) is 13.3. The zero-order valence-electron chi connectivity index (χ0n) is 16.6. The third-order valence-corrected chi connectivity index (χ3v) is 3.96. The molecular formula is C21H23N3O4. The molecule has 0 saturated carbocycles. The van der Waals surface area contributed by atoms with E-state index >= 15 is 0 Å². The van der Waals surface area contributed by atoms with Crippen LogP contribution < -0.4 is 14.8 Å². The van der Waals surface area contributed by atoms with E-state index < -0.39 is 0 Å². The number of methoxy groups -OCH3 is 2. The standard InChI is InChI=1S/C21H23N3O4/c1-21(2,3)23-19(25)14-8-6-7-9-15(14)20-22-18(24-28-20)13-10-11-16(26-4)17(12-13)27-5/h6-12H,1-5H3,(H,23,25). The molecule has 3 rings (SSSR count). The second-order valence-electron chi connectivity index (χ2n) is 7.24. The number of carbonyl (C=O) groups excluding carboxylic acids is 1. The maximum atomic E-state index is 12.7. The van der Waals surface area contributed by atoms with Crippen LogP contribution in [-0.4, -0.2) is 35.8 Å². The van der Waals surface area contributed by atoms with Gasteiger partial charge >= 0.3 is 0 Å². The van der Waals surface area contributed by atoms with E-state index in [4.69, 9.17) is 14.0 Å². The van der Waals surface area contributed by atoms with Crippen molar-refractivity contribution >= 4 is 5.91 Å². The Labute approximate surface area is 163 Å². The molecule has 1 heterocycles.